The number of para-hydroxylation sites is 1. The summed E-state index contributed by atoms with van der Waals surface area (Å²) in [5.74, 6) is 1.27. The fourth-order valence-corrected chi connectivity index (χ4v) is 2.87. The second kappa shape index (κ2) is 5.56. The highest BCUT2D eigenvalue weighted by Gasteiger charge is 2.32. The van der Waals surface area contributed by atoms with E-state index < -0.39 is 0 Å². The van der Waals surface area contributed by atoms with E-state index in [4.69, 9.17) is 15.2 Å². The van der Waals surface area contributed by atoms with Crippen LogP contribution in [0.2, 0.25) is 0 Å². The van der Waals surface area contributed by atoms with E-state index in [1.807, 2.05) is 23.1 Å². The molecule has 2 heterocycles. The second-order valence-corrected chi connectivity index (χ2v) is 6.14. The number of nitrogens with zero attached hydrogens (tertiary/aromatic N) is 1. The molecule has 0 radical (unpaired) electrons. The van der Waals surface area contributed by atoms with Gasteiger partial charge in [0.15, 0.2) is 11.5 Å². The zero-order valence-electron chi connectivity index (χ0n) is 12.4. The van der Waals surface area contributed by atoms with E-state index in [1.54, 1.807) is 0 Å². The summed E-state index contributed by atoms with van der Waals surface area (Å²) in [5, 5.41) is 0. The van der Waals surface area contributed by atoms with Gasteiger partial charge in [-0.3, -0.25) is 4.79 Å². The lowest BCUT2D eigenvalue weighted by Crippen LogP contribution is -2.44. The fourth-order valence-electron chi connectivity index (χ4n) is 2.87. The average molecular weight is 290 g/mol. The van der Waals surface area contributed by atoms with Crippen molar-refractivity contribution in [2.45, 2.75) is 19.8 Å². The third-order valence-corrected chi connectivity index (χ3v) is 4.55. The van der Waals surface area contributed by atoms with Crippen molar-refractivity contribution in [3.63, 3.8) is 0 Å². The average Bonchev–Trinajstić information content (AvgIpc) is 2.54. The monoisotopic (exact) mass is 290 g/mol. The van der Waals surface area contributed by atoms with Gasteiger partial charge < -0.3 is 20.1 Å². The summed E-state index contributed by atoms with van der Waals surface area (Å²) in [5.41, 5.74) is 6.58. The van der Waals surface area contributed by atoms with Crippen molar-refractivity contribution in [2.24, 2.45) is 11.1 Å². The summed E-state index contributed by atoms with van der Waals surface area (Å²) in [7, 11) is 0. The van der Waals surface area contributed by atoms with Crippen LogP contribution in [0.25, 0.3) is 0 Å². The zero-order valence-corrected chi connectivity index (χ0v) is 12.4. The van der Waals surface area contributed by atoms with Crippen LogP contribution in [-0.2, 0) is 0 Å². The molecule has 2 aliphatic heterocycles. The Labute approximate surface area is 125 Å². The number of amides is 1. The molecule has 5 heteroatoms. The molecule has 0 spiro atoms. The molecule has 0 atom stereocenters. The molecule has 1 aromatic carbocycles. The fraction of sp³-hybridized carbons (Fsp3) is 0.562. The first-order chi connectivity index (χ1) is 10.1. The third kappa shape index (κ3) is 2.70. The third-order valence-electron chi connectivity index (χ3n) is 4.55. The molecule has 0 unspecified atom stereocenters. The summed E-state index contributed by atoms with van der Waals surface area (Å²) in [4.78, 5) is 14.6. The molecule has 2 N–H and O–H groups in total. The number of fused-ring (bicyclic) bond motifs is 1. The molecule has 0 aromatic heterocycles. The van der Waals surface area contributed by atoms with Crippen LogP contribution >= 0.6 is 0 Å². The van der Waals surface area contributed by atoms with E-state index >= 15 is 0 Å². The standard InChI is InChI=1S/C16H22N2O3/c1-16(11-17)5-7-18(8-6-16)15(19)12-3-2-4-13-14(12)21-10-9-20-13/h2-4H,5-11,17H2,1H3. The van der Waals surface area contributed by atoms with Crippen molar-refractivity contribution < 1.29 is 14.3 Å². The lowest BCUT2D eigenvalue weighted by molar-refractivity contribution is 0.0608. The van der Waals surface area contributed by atoms with Crippen molar-refractivity contribution in [3.8, 4) is 11.5 Å². The summed E-state index contributed by atoms with van der Waals surface area (Å²) >= 11 is 0. The minimum absolute atomic E-state index is 0.0245. The van der Waals surface area contributed by atoms with Crippen LogP contribution in [0.4, 0.5) is 0 Å². The molecule has 3 rings (SSSR count). The van der Waals surface area contributed by atoms with Gasteiger partial charge in [0, 0.05) is 13.1 Å². The smallest absolute Gasteiger partial charge is 0.257 e. The van der Waals surface area contributed by atoms with Crippen LogP contribution in [0, 0.1) is 5.41 Å². The summed E-state index contributed by atoms with van der Waals surface area (Å²) < 4.78 is 11.2. The second-order valence-electron chi connectivity index (χ2n) is 6.14. The van der Waals surface area contributed by atoms with Gasteiger partial charge in [-0.05, 0) is 36.9 Å². The van der Waals surface area contributed by atoms with Gasteiger partial charge in [0.25, 0.3) is 5.91 Å². The number of hydrogen-bond donors (Lipinski definition) is 1. The molecule has 21 heavy (non-hydrogen) atoms. The highest BCUT2D eigenvalue weighted by molar-refractivity contribution is 5.98. The minimum Gasteiger partial charge on any atom is -0.486 e. The van der Waals surface area contributed by atoms with Gasteiger partial charge in [0.2, 0.25) is 0 Å². The highest BCUT2D eigenvalue weighted by atomic mass is 16.6. The van der Waals surface area contributed by atoms with Crippen molar-refractivity contribution in [1.82, 2.24) is 4.90 Å². The number of carbonyl (C=O) groups excluding carboxylic acids is 1. The van der Waals surface area contributed by atoms with Gasteiger partial charge in [0.1, 0.15) is 13.2 Å². The molecule has 2 aliphatic rings. The molecule has 1 amide bonds. The number of rotatable bonds is 2. The van der Waals surface area contributed by atoms with E-state index in [1.165, 1.54) is 0 Å². The van der Waals surface area contributed by atoms with E-state index in [9.17, 15) is 4.79 Å². The number of benzene rings is 1. The van der Waals surface area contributed by atoms with Crippen LogP contribution in [0.3, 0.4) is 0 Å². The van der Waals surface area contributed by atoms with E-state index in [0.717, 1.165) is 25.9 Å². The molecule has 1 fully saturated rings. The summed E-state index contributed by atoms with van der Waals surface area (Å²) in [6.45, 7) is 5.38. The van der Waals surface area contributed by atoms with Crippen molar-refractivity contribution >= 4 is 5.91 Å². The first kappa shape index (κ1) is 14.2. The Balaban J connectivity index is 1.78. The van der Waals surface area contributed by atoms with E-state index in [0.29, 0.717) is 36.8 Å². The zero-order chi connectivity index (χ0) is 14.9. The maximum absolute atomic E-state index is 12.7. The normalized spacial score (nSPS) is 20.2. The topological polar surface area (TPSA) is 64.8 Å². The Morgan fingerprint density at radius 3 is 2.71 bits per heavy atom. The Kier molecular flexibility index (Phi) is 3.76. The Hall–Kier alpha value is -1.75. The van der Waals surface area contributed by atoms with Crippen LogP contribution in [0.15, 0.2) is 18.2 Å². The quantitative estimate of drug-likeness (QED) is 0.899. The molecular formula is C16H22N2O3. The van der Waals surface area contributed by atoms with E-state index in [-0.39, 0.29) is 11.3 Å². The van der Waals surface area contributed by atoms with Gasteiger partial charge >= 0.3 is 0 Å². The first-order valence-electron chi connectivity index (χ1n) is 7.51. The maximum atomic E-state index is 12.7. The molecule has 5 nitrogen and oxygen atoms in total. The molecule has 1 saturated heterocycles. The number of carbonyl (C=O) groups is 1. The minimum atomic E-state index is 0.0245. The SMILES string of the molecule is CC1(CN)CCN(C(=O)c2cccc3c2OCCO3)CC1. The summed E-state index contributed by atoms with van der Waals surface area (Å²) in [6.07, 6.45) is 1.89. The lowest BCUT2D eigenvalue weighted by atomic mass is 9.80. The van der Waals surface area contributed by atoms with Gasteiger partial charge in [-0.15, -0.1) is 0 Å². The van der Waals surface area contributed by atoms with Crippen LogP contribution in [0.5, 0.6) is 11.5 Å². The van der Waals surface area contributed by atoms with E-state index in [2.05, 4.69) is 6.92 Å². The van der Waals surface area contributed by atoms with Crippen molar-refractivity contribution in [2.75, 3.05) is 32.8 Å². The van der Waals surface area contributed by atoms with Gasteiger partial charge in [-0.2, -0.15) is 0 Å². The van der Waals surface area contributed by atoms with Gasteiger partial charge in [0.05, 0.1) is 5.56 Å². The summed E-state index contributed by atoms with van der Waals surface area (Å²) in [6, 6.07) is 5.49. The molecule has 0 saturated carbocycles. The van der Waals surface area contributed by atoms with Crippen LogP contribution in [0.1, 0.15) is 30.1 Å². The number of piperidine rings is 1. The molecule has 0 bridgehead atoms. The number of ether oxygens (including phenoxy) is 2. The van der Waals surface area contributed by atoms with Gasteiger partial charge in [-0.25, -0.2) is 0 Å². The van der Waals surface area contributed by atoms with Gasteiger partial charge in [-0.1, -0.05) is 13.0 Å². The van der Waals surface area contributed by atoms with Crippen molar-refractivity contribution in [1.29, 1.82) is 0 Å². The lowest BCUT2D eigenvalue weighted by Gasteiger charge is -2.38. The number of hydrogen-bond acceptors (Lipinski definition) is 4. The molecular weight excluding hydrogens is 268 g/mol. The van der Waals surface area contributed by atoms with Crippen LogP contribution < -0.4 is 15.2 Å². The molecule has 1 aromatic rings. The number of likely N-dealkylation sites (tertiary alicyclic amines) is 1. The Bertz CT molecular complexity index is 536. The largest absolute Gasteiger partial charge is 0.486 e. The predicted octanol–water partition coefficient (Wildman–Crippen LogP) is 1.66. The highest BCUT2D eigenvalue weighted by Crippen LogP contribution is 2.36. The maximum Gasteiger partial charge on any atom is 0.257 e. The van der Waals surface area contributed by atoms with Crippen LogP contribution in [-0.4, -0.2) is 43.7 Å². The Morgan fingerprint density at radius 1 is 1.29 bits per heavy atom. The molecule has 0 aliphatic carbocycles. The first-order valence-corrected chi connectivity index (χ1v) is 7.51. The predicted molar refractivity (Wildman–Crippen MR) is 79.7 cm³/mol. The Morgan fingerprint density at radius 2 is 2.00 bits per heavy atom. The number of nitrogens with two attached hydrogens (primary N) is 1. The van der Waals surface area contributed by atoms with Crippen molar-refractivity contribution in [3.05, 3.63) is 23.8 Å². The molecule has 114 valence electrons.